The fourth-order valence-electron chi connectivity index (χ4n) is 1.65. The Bertz CT molecular complexity index is 141. The fraction of sp³-hybridized carbons (Fsp3) is 0.875. The Hall–Kier alpha value is -0.450. The molecular formula is C8H16NO3+. The van der Waals surface area contributed by atoms with Crippen molar-refractivity contribution in [3.05, 3.63) is 0 Å². The first-order chi connectivity index (χ1) is 5.72. The molecule has 0 amide bonds. The minimum absolute atomic E-state index is 0.200. The highest BCUT2D eigenvalue weighted by Gasteiger charge is 2.22. The second-order valence-electron chi connectivity index (χ2n) is 3.32. The molecule has 12 heavy (non-hydrogen) atoms. The van der Waals surface area contributed by atoms with Gasteiger partial charge in [-0.1, -0.05) is 0 Å². The number of rotatable bonds is 3. The minimum atomic E-state index is -1.18. The van der Waals surface area contributed by atoms with Crippen molar-refractivity contribution in [2.45, 2.75) is 38.1 Å². The zero-order chi connectivity index (χ0) is 8.97. The summed E-state index contributed by atoms with van der Waals surface area (Å²) in [4.78, 5) is 10.4. The van der Waals surface area contributed by atoms with Crippen molar-refractivity contribution in [1.29, 1.82) is 0 Å². The van der Waals surface area contributed by atoms with E-state index < -0.39 is 6.41 Å². The Kier molecular flexibility index (Phi) is 3.65. The van der Waals surface area contributed by atoms with Crippen molar-refractivity contribution >= 4 is 6.29 Å². The van der Waals surface area contributed by atoms with Crippen LogP contribution in [0.15, 0.2) is 0 Å². The van der Waals surface area contributed by atoms with Crippen molar-refractivity contribution in [3.63, 3.8) is 0 Å². The van der Waals surface area contributed by atoms with Crippen LogP contribution < -0.4 is 5.32 Å². The van der Waals surface area contributed by atoms with Crippen LogP contribution in [0.2, 0.25) is 0 Å². The topological polar surface area (TPSA) is 72.2 Å². The van der Waals surface area contributed by atoms with Crippen LogP contribution in [0.25, 0.3) is 0 Å². The van der Waals surface area contributed by atoms with Crippen LogP contribution in [0.3, 0.4) is 0 Å². The zero-order valence-corrected chi connectivity index (χ0v) is 6.99. The van der Waals surface area contributed by atoms with Crippen molar-refractivity contribution in [2.75, 3.05) is 0 Å². The number of aldehydes is 1. The van der Waals surface area contributed by atoms with Gasteiger partial charge in [0.05, 0.1) is 0 Å². The summed E-state index contributed by atoms with van der Waals surface area (Å²) in [5.74, 6) is 0.200. The number of aliphatic hydroxyl groups is 1. The zero-order valence-electron chi connectivity index (χ0n) is 6.99. The van der Waals surface area contributed by atoms with Gasteiger partial charge in [0.2, 0.25) is 0 Å². The largest absolute Gasteiger partial charge is 0.409 e. The molecule has 1 rings (SSSR count). The lowest BCUT2D eigenvalue weighted by Gasteiger charge is -2.25. The standard InChI is InChI=1S/C8H15NO3/c10-5-6-1-3-7(4-2-6)9-8(11)12/h5-9,11-12H,1-4H2/p+1. The van der Waals surface area contributed by atoms with E-state index in [4.69, 9.17) is 10.2 Å². The molecule has 1 fully saturated rings. The molecule has 1 aliphatic carbocycles. The smallest absolute Gasteiger partial charge is 0.325 e. The maximum atomic E-state index is 10.4. The van der Waals surface area contributed by atoms with Gasteiger partial charge in [0, 0.05) is 12.0 Å². The highest BCUT2D eigenvalue weighted by molar-refractivity contribution is 5.53. The van der Waals surface area contributed by atoms with E-state index >= 15 is 0 Å². The van der Waals surface area contributed by atoms with E-state index in [-0.39, 0.29) is 12.0 Å². The Balaban J connectivity index is 2.21. The molecule has 4 N–H and O–H groups in total. The van der Waals surface area contributed by atoms with Crippen LogP contribution >= 0.6 is 0 Å². The van der Waals surface area contributed by atoms with Gasteiger partial charge in [0.1, 0.15) is 6.29 Å². The molecule has 0 bridgehead atoms. The van der Waals surface area contributed by atoms with Gasteiger partial charge in [0.15, 0.2) is 0 Å². The summed E-state index contributed by atoms with van der Waals surface area (Å²) in [6.45, 7) is 0. The molecule has 1 unspecified atom stereocenters. The van der Waals surface area contributed by atoms with Crippen LogP contribution in [0.4, 0.5) is 0 Å². The number of hydrogen-bond acceptors (Lipinski definition) is 3. The molecule has 1 aliphatic rings. The summed E-state index contributed by atoms with van der Waals surface area (Å²) in [6.07, 6.45) is 3.37. The monoisotopic (exact) mass is 174 g/mol. The molecule has 70 valence electrons. The van der Waals surface area contributed by atoms with Crippen LogP contribution in [0.5, 0.6) is 0 Å². The van der Waals surface area contributed by atoms with Gasteiger partial charge < -0.3 is 15.0 Å². The molecule has 1 saturated carbocycles. The first-order valence-corrected chi connectivity index (χ1v) is 4.33. The van der Waals surface area contributed by atoms with E-state index in [0.717, 1.165) is 32.0 Å². The number of carbonyl (C=O) groups is 1. The highest BCUT2D eigenvalue weighted by atomic mass is 16.5. The molecule has 0 aromatic rings. The molecule has 4 heteroatoms. The van der Waals surface area contributed by atoms with Gasteiger partial charge in [-0.15, -0.1) is 0 Å². The summed E-state index contributed by atoms with van der Waals surface area (Å²) in [6, 6.07) is 0.216. The summed E-state index contributed by atoms with van der Waals surface area (Å²) < 4.78 is 0. The second-order valence-corrected chi connectivity index (χ2v) is 3.32. The first-order valence-electron chi connectivity index (χ1n) is 4.33. The molecule has 0 saturated heterocycles. The Labute approximate surface area is 71.6 Å². The quantitative estimate of drug-likeness (QED) is 0.339. The van der Waals surface area contributed by atoms with Crippen LogP contribution in [-0.4, -0.2) is 29.0 Å². The highest BCUT2D eigenvalue weighted by Crippen LogP contribution is 2.22. The predicted molar refractivity (Wildman–Crippen MR) is 44.6 cm³/mol. The summed E-state index contributed by atoms with van der Waals surface area (Å²) in [5, 5.41) is 18.3. The second kappa shape index (κ2) is 4.54. The van der Waals surface area contributed by atoms with Gasteiger partial charge in [-0.3, -0.25) is 0 Å². The fourth-order valence-corrected chi connectivity index (χ4v) is 1.65. The van der Waals surface area contributed by atoms with Crippen molar-refractivity contribution in [3.8, 4) is 0 Å². The third-order valence-electron chi connectivity index (χ3n) is 2.36. The maximum absolute atomic E-state index is 10.4. The van der Waals surface area contributed by atoms with E-state index in [1.54, 1.807) is 0 Å². The molecule has 0 aliphatic heterocycles. The van der Waals surface area contributed by atoms with Crippen molar-refractivity contribution in [1.82, 2.24) is 5.32 Å². The molecule has 0 spiro atoms. The number of carbonyl (C=O) groups excluding carboxylic acids is 1. The molecular weight excluding hydrogens is 158 g/mol. The molecule has 0 radical (unpaired) electrons. The normalized spacial score (nSPS) is 32.8. The van der Waals surface area contributed by atoms with E-state index in [1.165, 1.54) is 0 Å². The molecule has 4 nitrogen and oxygen atoms in total. The SMILES string of the molecule is O=CC1CCC(NC(O)[OH2+])CC1. The Morgan fingerprint density at radius 2 is 2.00 bits per heavy atom. The van der Waals surface area contributed by atoms with Gasteiger partial charge in [-0.2, -0.15) is 0 Å². The first kappa shape index (κ1) is 9.64. The third kappa shape index (κ3) is 2.89. The van der Waals surface area contributed by atoms with Gasteiger partial charge in [-0.05, 0) is 25.7 Å². The van der Waals surface area contributed by atoms with Crippen molar-refractivity contribution in [2.24, 2.45) is 5.92 Å². The Morgan fingerprint density at radius 3 is 2.42 bits per heavy atom. The van der Waals surface area contributed by atoms with Crippen molar-refractivity contribution < 1.29 is 15.0 Å². The van der Waals surface area contributed by atoms with E-state index in [0.29, 0.717) is 0 Å². The van der Waals surface area contributed by atoms with Crippen LogP contribution in [0, 0.1) is 5.92 Å². The average molecular weight is 174 g/mol. The predicted octanol–water partition coefficient (Wildman–Crippen LogP) is -0.666. The van der Waals surface area contributed by atoms with Gasteiger partial charge >= 0.3 is 6.41 Å². The summed E-state index contributed by atoms with van der Waals surface area (Å²) >= 11 is 0. The lowest BCUT2D eigenvalue weighted by atomic mass is 9.87. The van der Waals surface area contributed by atoms with Crippen LogP contribution in [-0.2, 0) is 4.79 Å². The maximum Gasteiger partial charge on any atom is 0.325 e. The number of aliphatic hydroxyl groups excluding tert-OH is 1. The van der Waals surface area contributed by atoms with E-state index in [2.05, 4.69) is 5.32 Å². The lowest BCUT2D eigenvalue weighted by Crippen LogP contribution is -2.40. The molecule has 0 aromatic carbocycles. The average Bonchev–Trinajstić information content (AvgIpc) is 2.05. The van der Waals surface area contributed by atoms with E-state index in [1.807, 2.05) is 0 Å². The summed E-state index contributed by atoms with van der Waals surface area (Å²) in [7, 11) is 0. The molecule has 1 atom stereocenters. The third-order valence-corrected chi connectivity index (χ3v) is 2.36. The lowest BCUT2D eigenvalue weighted by molar-refractivity contribution is -0.112. The molecule has 0 aromatic heterocycles. The number of hydrogen-bond donors (Lipinski definition) is 2. The van der Waals surface area contributed by atoms with Gasteiger partial charge in [0.25, 0.3) is 0 Å². The van der Waals surface area contributed by atoms with Gasteiger partial charge in [-0.25, -0.2) is 5.32 Å². The molecule has 0 heterocycles. The van der Waals surface area contributed by atoms with Crippen LogP contribution in [0.1, 0.15) is 25.7 Å². The summed E-state index contributed by atoms with van der Waals surface area (Å²) in [5.41, 5.74) is 0. The Morgan fingerprint density at radius 1 is 1.42 bits per heavy atom. The van der Waals surface area contributed by atoms with E-state index in [9.17, 15) is 4.79 Å². The minimum Gasteiger partial charge on any atom is -0.409 e. The number of nitrogens with one attached hydrogen (secondary N) is 1.